The fourth-order valence-corrected chi connectivity index (χ4v) is 2.98. The van der Waals surface area contributed by atoms with Crippen molar-refractivity contribution in [1.29, 1.82) is 0 Å². The zero-order chi connectivity index (χ0) is 14.5. The molecule has 0 radical (unpaired) electrons. The molecule has 0 spiro atoms. The minimum absolute atomic E-state index is 1.07. The molecule has 0 unspecified atom stereocenters. The summed E-state index contributed by atoms with van der Waals surface area (Å²) in [5.41, 5.74) is 8.64. The lowest BCUT2D eigenvalue weighted by atomic mass is 9.89. The van der Waals surface area contributed by atoms with E-state index in [2.05, 4.69) is 64.2 Å². The molecule has 2 aliphatic rings. The Labute approximate surface area is 124 Å². The van der Waals surface area contributed by atoms with E-state index in [1.165, 1.54) is 46.3 Å². The molecule has 0 saturated carbocycles. The Kier molecular flexibility index (Phi) is 5.00. The van der Waals surface area contributed by atoms with Gasteiger partial charge in [-0.1, -0.05) is 60.1 Å². The Hall–Kier alpha value is -1.56. The van der Waals surface area contributed by atoms with Crippen molar-refractivity contribution >= 4 is 0 Å². The third-order valence-electron chi connectivity index (χ3n) is 3.84. The van der Waals surface area contributed by atoms with Crippen LogP contribution < -0.4 is 0 Å². The van der Waals surface area contributed by atoms with Crippen molar-refractivity contribution in [2.24, 2.45) is 0 Å². The average molecular weight is 266 g/mol. The van der Waals surface area contributed by atoms with Gasteiger partial charge in [-0.05, 0) is 63.2 Å². The van der Waals surface area contributed by atoms with Crippen molar-refractivity contribution < 1.29 is 0 Å². The fraction of sp³-hybridized carbons (Fsp3) is 0.400. The molecule has 2 rings (SSSR count). The van der Waals surface area contributed by atoms with Gasteiger partial charge in [0.25, 0.3) is 0 Å². The predicted octanol–water partition coefficient (Wildman–Crippen LogP) is 6.21. The Morgan fingerprint density at radius 1 is 1.05 bits per heavy atom. The third kappa shape index (κ3) is 3.72. The number of hydrogen-bond acceptors (Lipinski definition) is 0. The first-order valence-corrected chi connectivity index (χ1v) is 7.73. The van der Waals surface area contributed by atoms with Crippen LogP contribution in [0.1, 0.15) is 53.4 Å². The number of rotatable bonds is 3. The minimum atomic E-state index is 1.07. The Morgan fingerprint density at radius 3 is 2.55 bits per heavy atom. The lowest BCUT2D eigenvalue weighted by molar-refractivity contribution is 0.952. The first kappa shape index (κ1) is 14.8. The first-order valence-electron chi connectivity index (χ1n) is 7.73. The van der Waals surface area contributed by atoms with Crippen LogP contribution in [0.25, 0.3) is 0 Å². The van der Waals surface area contributed by atoms with E-state index in [9.17, 15) is 0 Å². The van der Waals surface area contributed by atoms with E-state index in [1.54, 1.807) is 0 Å². The van der Waals surface area contributed by atoms with E-state index in [-0.39, 0.29) is 0 Å². The van der Waals surface area contributed by atoms with Crippen LogP contribution in [0, 0.1) is 0 Å². The van der Waals surface area contributed by atoms with E-state index in [1.807, 2.05) is 0 Å². The molecule has 0 aliphatic heterocycles. The molecule has 0 saturated heterocycles. The van der Waals surface area contributed by atoms with Gasteiger partial charge in [0.15, 0.2) is 0 Å². The topological polar surface area (TPSA) is 0 Å². The van der Waals surface area contributed by atoms with Gasteiger partial charge in [-0.15, -0.1) is 0 Å². The zero-order valence-corrected chi connectivity index (χ0v) is 13.3. The van der Waals surface area contributed by atoms with Gasteiger partial charge in [0.2, 0.25) is 0 Å². The molecule has 0 nitrogen and oxygen atoms in total. The Morgan fingerprint density at radius 2 is 1.85 bits per heavy atom. The van der Waals surface area contributed by atoms with E-state index in [0.29, 0.717) is 0 Å². The highest BCUT2D eigenvalue weighted by Crippen LogP contribution is 2.32. The Balaban J connectivity index is 2.49. The summed E-state index contributed by atoms with van der Waals surface area (Å²) in [4.78, 5) is 0. The molecule has 20 heavy (non-hydrogen) atoms. The maximum absolute atomic E-state index is 2.37. The average Bonchev–Trinajstić information content (AvgIpc) is 2.54. The second-order valence-electron chi connectivity index (χ2n) is 5.96. The van der Waals surface area contributed by atoms with Crippen LogP contribution in [-0.4, -0.2) is 0 Å². The molecule has 0 N–H and O–H groups in total. The molecule has 106 valence electrons. The summed E-state index contributed by atoms with van der Waals surface area (Å²) < 4.78 is 0. The van der Waals surface area contributed by atoms with Crippen LogP contribution in [0.4, 0.5) is 0 Å². The van der Waals surface area contributed by atoms with E-state index in [0.717, 1.165) is 12.8 Å². The molecule has 0 fully saturated rings. The fourth-order valence-electron chi connectivity index (χ4n) is 2.98. The third-order valence-corrected chi connectivity index (χ3v) is 3.84. The lowest BCUT2D eigenvalue weighted by Gasteiger charge is -2.16. The van der Waals surface area contributed by atoms with Gasteiger partial charge >= 0.3 is 0 Å². The van der Waals surface area contributed by atoms with Crippen LogP contribution in [-0.2, 0) is 0 Å². The van der Waals surface area contributed by atoms with Gasteiger partial charge in [0.05, 0.1) is 0 Å². The summed E-state index contributed by atoms with van der Waals surface area (Å²) in [6.07, 6.45) is 18.5. The molecule has 0 aromatic rings. The van der Waals surface area contributed by atoms with Crippen molar-refractivity contribution in [3.8, 4) is 0 Å². The Bertz CT molecular complexity index is 557. The quantitative estimate of drug-likeness (QED) is 0.569. The zero-order valence-electron chi connectivity index (χ0n) is 13.3. The monoisotopic (exact) mass is 266 g/mol. The summed E-state index contributed by atoms with van der Waals surface area (Å²) in [6, 6.07) is 0. The molecule has 0 amide bonds. The van der Waals surface area contributed by atoms with Crippen LogP contribution in [0.3, 0.4) is 0 Å². The predicted molar refractivity (Wildman–Crippen MR) is 89.7 cm³/mol. The van der Waals surface area contributed by atoms with Crippen molar-refractivity contribution in [1.82, 2.24) is 0 Å². The molecule has 0 heterocycles. The van der Waals surface area contributed by atoms with Gasteiger partial charge < -0.3 is 0 Å². The SMILES string of the molecule is CCC=CC1=C(C2=CC(C)=CCC2)C=C(C)C=C(C)C1. The second-order valence-corrected chi connectivity index (χ2v) is 5.96. The molecule has 0 atom stereocenters. The van der Waals surface area contributed by atoms with E-state index in [4.69, 9.17) is 0 Å². The largest absolute Gasteiger partial charge is 0.0845 e. The van der Waals surface area contributed by atoms with Crippen molar-refractivity contribution in [3.05, 3.63) is 69.9 Å². The molecule has 0 aromatic heterocycles. The number of hydrogen-bond donors (Lipinski definition) is 0. The molecule has 2 aliphatic carbocycles. The van der Waals surface area contributed by atoms with Gasteiger partial charge in [-0.2, -0.15) is 0 Å². The van der Waals surface area contributed by atoms with Crippen LogP contribution in [0.2, 0.25) is 0 Å². The lowest BCUT2D eigenvalue weighted by Crippen LogP contribution is -1.97. The van der Waals surface area contributed by atoms with Crippen LogP contribution in [0.15, 0.2) is 69.9 Å². The van der Waals surface area contributed by atoms with Crippen LogP contribution in [0.5, 0.6) is 0 Å². The van der Waals surface area contributed by atoms with Gasteiger partial charge in [0, 0.05) is 0 Å². The van der Waals surface area contributed by atoms with Gasteiger partial charge in [0.1, 0.15) is 0 Å². The maximum Gasteiger partial charge on any atom is -0.00607 e. The standard InChI is InChI=1S/C20H26/c1-5-6-9-18-13-16(3)11-17(4)14-20(18)19-10-7-8-15(2)12-19/h6,8-9,11-12,14H,5,7,10,13H2,1-4H3. The maximum atomic E-state index is 2.37. The highest BCUT2D eigenvalue weighted by molar-refractivity contribution is 5.55. The van der Waals surface area contributed by atoms with Gasteiger partial charge in [-0.25, -0.2) is 0 Å². The summed E-state index contributed by atoms with van der Waals surface area (Å²) >= 11 is 0. The van der Waals surface area contributed by atoms with E-state index >= 15 is 0 Å². The van der Waals surface area contributed by atoms with Crippen molar-refractivity contribution in [2.45, 2.75) is 53.4 Å². The summed E-state index contributed by atoms with van der Waals surface area (Å²) in [5.74, 6) is 0. The van der Waals surface area contributed by atoms with Crippen molar-refractivity contribution in [3.63, 3.8) is 0 Å². The molecule has 0 aromatic carbocycles. The molecular weight excluding hydrogens is 240 g/mol. The van der Waals surface area contributed by atoms with Crippen LogP contribution >= 0.6 is 0 Å². The summed E-state index contributed by atoms with van der Waals surface area (Å²) in [6.45, 7) is 8.85. The van der Waals surface area contributed by atoms with Crippen molar-refractivity contribution in [2.75, 3.05) is 0 Å². The first-order chi connectivity index (χ1) is 9.60. The summed E-state index contributed by atoms with van der Waals surface area (Å²) in [7, 11) is 0. The molecule has 0 heteroatoms. The highest BCUT2D eigenvalue weighted by Gasteiger charge is 2.13. The smallest absolute Gasteiger partial charge is 0.00607 e. The molecular formula is C20H26. The normalized spacial score (nSPS) is 20.4. The van der Waals surface area contributed by atoms with Gasteiger partial charge in [-0.3, -0.25) is 0 Å². The summed E-state index contributed by atoms with van der Waals surface area (Å²) in [5, 5.41) is 0. The highest BCUT2D eigenvalue weighted by atomic mass is 14.2. The second kappa shape index (κ2) is 6.74. The molecule has 0 bridgehead atoms. The van der Waals surface area contributed by atoms with E-state index < -0.39 is 0 Å². The number of allylic oxidation sites excluding steroid dienone is 12. The minimum Gasteiger partial charge on any atom is -0.0845 e.